The summed E-state index contributed by atoms with van der Waals surface area (Å²) in [5.41, 5.74) is 2.64. The van der Waals surface area contributed by atoms with Crippen LogP contribution >= 0.6 is 0 Å². The van der Waals surface area contributed by atoms with Gasteiger partial charge in [0.2, 0.25) is 0 Å². The van der Waals surface area contributed by atoms with Crippen LogP contribution in [0.25, 0.3) is 0 Å². The van der Waals surface area contributed by atoms with Crippen molar-refractivity contribution in [2.75, 3.05) is 31.6 Å². The lowest BCUT2D eigenvalue weighted by molar-refractivity contribution is 0.0975. The fraction of sp³-hybridized carbons (Fsp3) is 0.600. The lowest BCUT2D eigenvalue weighted by Gasteiger charge is -2.45. The number of hydrogen-bond donors (Lipinski definition) is 1. The maximum absolute atomic E-state index is 5.56. The largest absolute Gasteiger partial charge is 0.493 e. The van der Waals surface area contributed by atoms with Crippen molar-refractivity contribution in [3.63, 3.8) is 0 Å². The number of hydrogen-bond acceptors (Lipinski definition) is 3. The third-order valence-electron chi connectivity index (χ3n) is 4.70. The molecule has 0 saturated carbocycles. The summed E-state index contributed by atoms with van der Waals surface area (Å²) in [6, 6.07) is 7.21. The minimum Gasteiger partial charge on any atom is -0.493 e. The number of nitrogens with one attached hydrogen (secondary N) is 1. The van der Waals surface area contributed by atoms with Gasteiger partial charge in [-0.05, 0) is 55.6 Å². The van der Waals surface area contributed by atoms with Crippen LogP contribution in [0.15, 0.2) is 18.2 Å². The molecule has 1 aromatic carbocycles. The average molecular weight is 244 g/mol. The first kappa shape index (κ1) is 10.7. The lowest BCUT2D eigenvalue weighted by atomic mass is 9.84. The molecule has 3 saturated heterocycles. The zero-order valence-corrected chi connectivity index (χ0v) is 10.7. The Morgan fingerprint density at radius 2 is 2.11 bits per heavy atom. The smallest absolute Gasteiger partial charge is 0.122 e. The van der Waals surface area contributed by atoms with Gasteiger partial charge in [-0.2, -0.15) is 0 Å². The molecule has 96 valence electrons. The molecule has 5 rings (SSSR count). The zero-order chi connectivity index (χ0) is 11.9. The molecular weight excluding hydrogens is 224 g/mol. The molecule has 0 spiro atoms. The maximum Gasteiger partial charge on any atom is 0.122 e. The van der Waals surface area contributed by atoms with Crippen LogP contribution in [0, 0.1) is 5.92 Å². The molecule has 0 aliphatic carbocycles. The molecule has 0 aromatic heterocycles. The zero-order valence-electron chi connectivity index (χ0n) is 10.7. The topological polar surface area (TPSA) is 24.5 Å². The van der Waals surface area contributed by atoms with E-state index in [9.17, 15) is 0 Å². The first-order chi connectivity index (χ1) is 8.88. The van der Waals surface area contributed by atoms with E-state index in [1.807, 2.05) is 0 Å². The second kappa shape index (κ2) is 4.16. The third kappa shape index (κ3) is 1.77. The Morgan fingerprint density at radius 3 is 2.89 bits per heavy atom. The summed E-state index contributed by atoms with van der Waals surface area (Å²) < 4.78 is 5.56. The quantitative estimate of drug-likeness (QED) is 0.862. The predicted octanol–water partition coefficient (Wildman–Crippen LogP) is 2.13. The summed E-state index contributed by atoms with van der Waals surface area (Å²) in [4.78, 5) is 2.59. The van der Waals surface area contributed by atoms with E-state index in [4.69, 9.17) is 4.74 Å². The Morgan fingerprint density at radius 1 is 1.22 bits per heavy atom. The van der Waals surface area contributed by atoms with Crippen LogP contribution < -0.4 is 10.1 Å². The molecule has 0 radical (unpaired) electrons. The third-order valence-corrected chi connectivity index (χ3v) is 4.70. The van der Waals surface area contributed by atoms with Gasteiger partial charge in [0.1, 0.15) is 5.75 Å². The molecule has 1 N–H and O–H groups in total. The second-order valence-corrected chi connectivity index (χ2v) is 5.81. The van der Waals surface area contributed by atoms with Crippen LogP contribution in [0.5, 0.6) is 5.75 Å². The number of piperidine rings is 3. The Hall–Kier alpha value is -1.22. The highest BCUT2D eigenvalue weighted by Crippen LogP contribution is 2.32. The van der Waals surface area contributed by atoms with Crippen LogP contribution in [-0.4, -0.2) is 37.2 Å². The standard InChI is InChI=1S/C15H20N2O/c1-2-15-12(5-8-18-15)9-13(1)16-14-10-17-6-3-11(14)4-7-17/h1-2,9,11,14,16H,3-8,10H2. The molecule has 3 fully saturated rings. The van der Waals surface area contributed by atoms with Gasteiger partial charge in [0.05, 0.1) is 6.61 Å². The van der Waals surface area contributed by atoms with E-state index in [0.717, 1.165) is 24.7 Å². The van der Waals surface area contributed by atoms with Gasteiger partial charge in [0, 0.05) is 24.7 Å². The fourth-order valence-corrected chi connectivity index (χ4v) is 3.62. The number of benzene rings is 1. The highest BCUT2D eigenvalue weighted by atomic mass is 16.5. The molecule has 3 nitrogen and oxygen atoms in total. The molecule has 3 heteroatoms. The first-order valence-electron chi connectivity index (χ1n) is 7.13. The molecule has 1 atom stereocenters. The van der Waals surface area contributed by atoms with Crippen molar-refractivity contribution in [3.8, 4) is 5.75 Å². The van der Waals surface area contributed by atoms with E-state index in [1.165, 1.54) is 43.7 Å². The molecule has 4 aliphatic heterocycles. The molecular formula is C15H20N2O. The Kier molecular flexibility index (Phi) is 2.47. The van der Waals surface area contributed by atoms with Crippen LogP contribution in [0.3, 0.4) is 0 Å². The highest BCUT2D eigenvalue weighted by Gasteiger charge is 2.33. The Bertz CT molecular complexity index is 452. The number of anilines is 1. The summed E-state index contributed by atoms with van der Waals surface area (Å²) in [5, 5.41) is 3.74. The molecule has 4 aliphatic rings. The van der Waals surface area contributed by atoms with Gasteiger partial charge in [-0.1, -0.05) is 0 Å². The van der Waals surface area contributed by atoms with Crippen molar-refractivity contribution in [2.24, 2.45) is 5.92 Å². The summed E-state index contributed by atoms with van der Waals surface area (Å²) in [5.74, 6) is 1.95. The van der Waals surface area contributed by atoms with Gasteiger partial charge in [0.15, 0.2) is 0 Å². The van der Waals surface area contributed by atoms with Gasteiger partial charge in [0.25, 0.3) is 0 Å². The van der Waals surface area contributed by atoms with E-state index in [2.05, 4.69) is 28.4 Å². The minimum absolute atomic E-state index is 0.646. The SMILES string of the molecule is c1cc2c(cc1NC1CN3CCC1CC3)CCO2. The average Bonchev–Trinajstić information content (AvgIpc) is 2.87. The van der Waals surface area contributed by atoms with E-state index in [1.54, 1.807) is 0 Å². The van der Waals surface area contributed by atoms with E-state index in [-0.39, 0.29) is 0 Å². The van der Waals surface area contributed by atoms with Crippen LogP contribution in [-0.2, 0) is 6.42 Å². The van der Waals surface area contributed by atoms with E-state index < -0.39 is 0 Å². The normalized spacial score (nSPS) is 33.0. The summed E-state index contributed by atoms with van der Waals surface area (Å²) >= 11 is 0. The van der Waals surface area contributed by atoms with Crippen molar-refractivity contribution in [1.82, 2.24) is 4.90 Å². The van der Waals surface area contributed by atoms with Crippen LogP contribution in [0.2, 0.25) is 0 Å². The maximum atomic E-state index is 5.56. The molecule has 2 bridgehead atoms. The Labute approximate surface area is 108 Å². The Balaban J connectivity index is 1.51. The highest BCUT2D eigenvalue weighted by molar-refractivity contribution is 5.53. The van der Waals surface area contributed by atoms with E-state index >= 15 is 0 Å². The fourth-order valence-electron chi connectivity index (χ4n) is 3.62. The number of fused-ring (bicyclic) bond motifs is 4. The number of rotatable bonds is 2. The van der Waals surface area contributed by atoms with Crippen molar-refractivity contribution < 1.29 is 4.74 Å². The number of ether oxygens (including phenoxy) is 1. The summed E-state index contributed by atoms with van der Waals surface area (Å²) in [6.07, 6.45) is 3.79. The number of nitrogens with zero attached hydrogens (tertiary/aromatic N) is 1. The van der Waals surface area contributed by atoms with Crippen molar-refractivity contribution in [3.05, 3.63) is 23.8 Å². The monoisotopic (exact) mass is 244 g/mol. The van der Waals surface area contributed by atoms with E-state index in [0.29, 0.717) is 6.04 Å². The molecule has 4 heterocycles. The van der Waals surface area contributed by atoms with Gasteiger partial charge >= 0.3 is 0 Å². The van der Waals surface area contributed by atoms with Gasteiger partial charge in [-0.25, -0.2) is 0 Å². The first-order valence-corrected chi connectivity index (χ1v) is 7.13. The van der Waals surface area contributed by atoms with Crippen molar-refractivity contribution in [1.29, 1.82) is 0 Å². The summed E-state index contributed by atoms with van der Waals surface area (Å²) in [7, 11) is 0. The van der Waals surface area contributed by atoms with Crippen LogP contribution in [0.1, 0.15) is 18.4 Å². The van der Waals surface area contributed by atoms with Crippen LogP contribution in [0.4, 0.5) is 5.69 Å². The van der Waals surface area contributed by atoms with Crippen molar-refractivity contribution in [2.45, 2.75) is 25.3 Å². The van der Waals surface area contributed by atoms with Gasteiger partial charge < -0.3 is 15.0 Å². The summed E-state index contributed by atoms with van der Waals surface area (Å²) in [6.45, 7) is 4.68. The second-order valence-electron chi connectivity index (χ2n) is 5.81. The molecule has 18 heavy (non-hydrogen) atoms. The molecule has 1 aromatic rings. The lowest BCUT2D eigenvalue weighted by Crippen LogP contribution is -2.53. The van der Waals surface area contributed by atoms with Gasteiger partial charge in [-0.15, -0.1) is 0 Å². The predicted molar refractivity (Wildman–Crippen MR) is 72.2 cm³/mol. The van der Waals surface area contributed by atoms with Gasteiger partial charge in [-0.3, -0.25) is 0 Å². The molecule has 1 unspecified atom stereocenters. The molecule has 0 amide bonds. The minimum atomic E-state index is 0.646. The van der Waals surface area contributed by atoms with Crippen molar-refractivity contribution >= 4 is 5.69 Å².